The summed E-state index contributed by atoms with van der Waals surface area (Å²) >= 11 is 0. The Kier molecular flexibility index (Phi) is 5.01. The highest BCUT2D eigenvalue weighted by atomic mass is 19.1. The molecule has 26 heavy (non-hydrogen) atoms. The number of aromatic nitrogens is 3. The summed E-state index contributed by atoms with van der Waals surface area (Å²) in [5, 5.41) is 5.60. The first kappa shape index (κ1) is 17.7. The van der Waals surface area contributed by atoms with Crippen molar-refractivity contribution in [2.75, 3.05) is 10.6 Å². The van der Waals surface area contributed by atoms with Gasteiger partial charge < -0.3 is 10.6 Å². The lowest BCUT2D eigenvalue weighted by molar-refractivity contribution is 0.548. The number of halogens is 3. The van der Waals surface area contributed by atoms with Gasteiger partial charge in [-0.2, -0.15) is 4.98 Å². The van der Waals surface area contributed by atoms with Crippen LogP contribution in [-0.4, -0.2) is 21.0 Å². The zero-order valence-corrected chi connectivity index (χ0v) is 14.1. The van der Waals surface area contributed by atoms with Gasteiger partial charge in [-0.1, -0.05) is 6.07 Å². The molecule has 0 aliphatic heterocycles. The highest BCUT2D eigenvalue weighted by Gasteiger charge is 2.14. The molecule has 0 radical (unpaired) electrons. The molecule has 0 saturated carbocycles. The molecule has 3 rings (SSSR count). The molecular weight excluding hydrogens is 343 g/mol. The van der Waals surface area contributed by atoms with E-state index in [4.69, 9.17) is 0 Å². The minimum Gasteiger partial charge on any atom is -0.352 e. The Morgan fingerprint density at radius 2 is 1.65 bits per heavy atom. The summed E-state index contributed by atoms with van der Waals surface area (Å²) in [7, 11) is 0. The van der Waals surface area contributed by atoms with Crippen LogP contribution >= 0.6 is 0 Å². The van der Waals surface area contributed by atoms with Gasteiger partial charge in [0.15, 0.2) is 11.6 Å². The summed E-state index contributed by atoms with van der Waals surface area (Å²) in [6.07, 6.45) is 1.61. The van der Waals surface area contributed by atoms with Gasteiger partial charge in [-0.15, -0.1) is 0 Å². The molecule has 0 amide bonds. The minimum atomic E-state index is -1.06. The van der Waals surface area contributed by atoms with E-state index >= 15 is 0 Å². The van der Waals surface area contributed by atoms with Crippen molar-refractivity contribution in [2.45, 2.75) is 19.9 Å². The highest BCUT2D eigenvalue weighted by molar-refractivity contribution is 5.65. The lowest BCUT2D eigenvalue weighted by Crippen LogP contribution is -2.14. The van der Waals surface area contributed by atoms with Gasteiger partial charge in [-0.05, 0) is 26.0 Å². The lowest BCUT2D eigenvalue weighted by Gasteiger charge is -2.13. The van der Waals surface area contributed by atoms with Crippen LogP contribution in [0.1, 0.15) is 13.8 Å². The van der Waals surface area contributed by atoms with Crippen molar-refractivity contribution in [3.05, 3.63) is 60.0 Å². The third-order valence-electron chi connectivity index (χ3n) is 3.33. The third-order valence-corrected chi connectivity index (χ3v) is 3.33. The average Bonchev–Trinajstić information content (AvgIpc) is 2.58. The average molecular weight is 359 g/mol. The van der Waals surface area contributed by atoms with E-state index in [9.17, 15) is 13.2 Å². The molecule has 0 bridgehead atoms. The van der Waals surface area contributed by atoms with Gasteiger partial charge in [0.05, 0.1) is 11.4 Å². The molecule has 0 aliphatic rings. The molecule has 2 N–H and O–H groups in total. The van der Waals surface area contributed by atoms with Gasteiger partial charge in [0.25, 0.3) is 0 Å². The number of nitrogens with zero attached hydrogens (tertiary/aromatic N) is 3. The monoisotopic (exact) mass is 359 g/mol. The van der Waals surface area contributed by atoms with Crippen LogP contribution in [0.15, 0.2) is 42.6 Å². The second-order valence-corrected chi connectivity index (χ2v) is 5.85. The molecule has 3 aromatic rings. The number of rotatable bonds is 5. The molecule has 0 spiro atoms. The van der Waals surface area contributed by atoms with Gasteiger partial charge in [0, 0.05) is 30.4 Å². The molecule has 5 nitrogen and oxygen atoms in total. The lowest BCUT2D eigenvalue weighted by atomic mass is 10.2. The maximum atomic E-state index is 13.9. The Balaban J connectivity index is 2.03. The largest absolute Gasteiger partial charge is 0.352 e. The molecule has 8 heteroatoms. The maximum Gasteiger partial charge on any atom is 0.225 e. The molecule has 134 valence electrons. The molecule has 0 atom stereocenters. The van der Waals surface area contributed by atoms with Crippen LogP contribution in [-0.2, 0) is 0 Å². The number of hydrogen-bond donors (Lipinski definition) is 2. The Bertz CT molecular complexity index is 893. The van der Waals surface area contributed by atoms with Crippen molar-refractivity contribution in [1.29, 1.82) is 0 Å². The topological polar surface area (TPSA) is 62.7 Å². The summed E-state index contributed by atoms with van der Waals surface area (Å²) in [6, 6.07) is 8.06. The Hall–Kier alpha value is -3.16. The number of nitrogens with one attached hydrogen (secondary N) is 2. The van der Waals surface area contributed by atoms with Crippen LogP contribution in [0.4, 0.5) is 30.6 Å². The van der Waals surface area contributed by atoms with Crippen molar-refractivity contribution in [3.8, 4) is 11.4 Å². The van der Waals surface area contributed by atoms with E-state index in [1.165, 1.54) is 6.07 Å². The first-order valence-electron chi connectivity index (χ1n) is 7.91. The van der Waals surface area contributed by atoms with Crippen LogP contribution in [0, 0.1) is 17.5 Å². The molecular formula is C18H16F3N5. The molecule has 2 aromatic heterocycles. The van der Waals surface area contributed by atoms with E-state index in [1.807, 2.05) is 13.8 Å². The molecule has 0 unspecified atom stereocenters. The number of benzene rings is 1. The van der Waals surface area contributed by atoms with Gasteiger partial charge in [0.2, 0.25) is 5.95 Å². The maximum absolute atomic E-state index is 13.9. The summed E-state index contributed by atoms with van der Waals surface area (Å²) in [5.74, 6) is -2.69. The predicted octanol–water partition coefficient (Wildman–Crippen LogP) is 4.52. The van der Waals surface area contributed by atoms with E-state index in [1.54, 1.807) is 24.4 Å². The van der Waals surface area contributed by atoms with E-state index in [2.05, 4.69) is 25.6 Å². The number of pyridine rings is 1. The SMILES string of the molecule is CC(C)Nc1nc(Nc2c(F)cc(F)cc2F)cc(-c2ccccn2)n1. The molecule has 0 fully saturated rings. The smallest absolute Gasteiger partial charge is 0.225 e. The van der Waals surface area contributed by atoms with Crippen molar-refractivity contribution in [1.82, 2.24) is 15.0 Å². The summed E-state index contributed by atoms with van der Waals surface area (Å²) < 4.78 is 40.9. The molecule has 0 saturated heterocycles. The van der Waals surface area contributed by atoms with Crippen molar-refractivity contribution < 1.29 is 13.2 Å². The zero-order chi connectivity index (χ0) is 18.7. The molecule has 1 aromatic carbocycles. The second-order valence-electron chi connectivity index (χ2n) is 5.85. The van der Waals surface area contributed by atoms with Crippen LogP contribution in [0.3, 0.4) is 0 Å². The summed E-state index contributed by atoms with van der Waals surface area (Å²) in [5.41, 5.74) is 0.548. The van der Waals surface area contributed by atoms with E-state index in [0.29, 0.717) is 23.5 Å². The quantitative estimate of drug-likeness (QED) is 0.701. The standard InChI is InChI=1S/C18H16F3N5/c1-10(2)23-18-24-15(14-5-3-4-6-22-14)9-16(26-18)25-17-12(20)7-11(19)8-13(17)21/h3-10H,1-2H3,(H2,23,24,25,26). The normalized spacial score (nSPS) is 10.8. The van der Waals surface area contributed by atoms with E-state index in [0.717, 1.165) is 0 Å². The van der Waals surface area contributed by atoms with E-state index in [-0.39, 0.29) is 17.8 Å². The Morgan fingerprint density at radius 1 is 0.923 bits per heavy atom. The van der Waals surface area contributed by atoms with Crippen LogP contribution in [0.5, 0.6) is 0 Å². The Morgan fingerprint density at radius 3 is 2.27 bits per heavy atom. The summed E-state index contributed by atoms with van der Waals surface area (Å²) in [6.45, 7) is 3.81. The van der Waals surface area contributed by atoms with Crippen LogP contribution < -0.4 is 10.6 Å². The van der Waals surface area contributed by atoms with Gasteiger partial charge in [0.1, 0.15) is 17.3 Å². The first-order chi connectivity index (χ1) is 12.4. The fraction of sp³-hybridized carbons (Fsp3) is 0.167. The van der Waals surface area contributed by atoms with Gasteiger partial charge in [-0.25, -0.2) is 18.2 Å². The number of hydrogen-bond acceptors (Lipinski definition) is 5. The van der Waals surface area contributed by atoms with Crippen LogP contribution in [0.25, 0.3) is 11.4 Å². The fourth-order valence-electron chi connectivity index (χ4n) is 2.27. The number of anilines is 3. The van der Waals surface area contributed by atoms with Gasteiger partial charge >= 0.3 is 0 Å². The first-order valence-corrected chi connectivity index (χ1v) is 7.91. The second kappa shape index (κ2) is 7.38. The van der Waals surface area contributed by atoms with Crippen LogP contribution in [0.2, 0.25) is 0 Å². The van der Waals surface area contributed by atoms with E-state index < -0.39 is 23.1 Å². The summed E-state index contributed by atoms with van der Waals surface area (Å²) in [4.78, 5) is 12.8. The minimum absolute atomic E-state index is 0.0427. The van der Waals surface area contributed by atoms with Crippen molar-refractivity contribution in [2.24, 2.45) is 0 Å². The Labute approximate surface area is 148 Å². The fourth-order valence-corrected chi connectivity index (χ4v) is 2.27. The third kappa shape index (κ3) is 4.08. The molecule has 0 aliphatic carbocycles. The van der Waals surface area contributed by atoms with Gasteiger partial charge in [-0.3, -0.25) is 4.98 Å². The van der Waals surface area contributed by atoms with Crippen molar-refractivity contribution >= 4 is 17.5 Å². The van der Waals surface area contributed by atoms with Crippen molar-refractivity contribution in [3.63, 3.8) is 0 Å². The molecule has 2 heterocycles. The zero-order valence-electron chi connectivity index (χ0n) is 14.1. The predicted molar refractivity (Wildman–Crippen MR) is 93.6 cm³/mol. The highest BCUT2D eigenvalue weighted by Crippen LogP contribution is 2.26.